The van der Waals surface area contributed by atoms with Gasteiger partial charge in [0, 0.05) is 30.3 Å². The highest BCUT2D eigenvalue weighted by atomic mass is 79.9. The molecule has 3 nitrogen and oxygen atoms in total. The second-order valence-corrected chi connectivity index (χ2v) is 4.39. The van der Waals surface area contributed by atoms with E-state index in [1.165, 1.54) is 0 Å². The second-order valence-electron chi connectivity index (χ2n) is 3.48. The molecular formula is C12H19BrClNO2. The van der Waals surface area contributed by atoms with Gasteiger partial charge in [0.05, 0.1) is 7.11 Å². The van der Waals surface area contributed by atoms with Crippen molar-refractivity contribution in [2.45, 2.75) is 13.0 Å². The molecule has 0 saturated heterocycles. The molecule has 0 heterocycles. The van der Waals surface area contributed by atoms with Gasteiger partial charge in [-0.3, -0.25) is 0 Å². The Hall–Kier alpha value is -0.290. The van der Waals surface area contributed by atoms with Crippen LogP contribution in [0.15, 0.2) is 22.7 Å². The van der Waals surface area contributed by atoms with Crippen molar-refractivity contribution in [1.29, 1.82) is 0 Å². The standard InChI is InChI=1S/C12H18BrNO2.ClH/c1-15-7-3-6-14-9-10-8-11(13)4-5-12(10)16-2;/h4-5,8,14H,3,6-7,9H2,1-2H3;1H. The molecule has 0 aliphatic rings. The van der Waals surface area contributed by atoms with Crippen molar-refractivity contribution >= 4 is 28.3 Å². The Labute approximate surface area is 117 Å². The lowest BCUT2D eigenvalue weighted by molar-refractivity contribution is 0.194. The summed E-state index contributed by atoms with van der Waals surface area (Å²) in [4.78, 5) is 0. The van der Waals surface area contributed by atoms with Crippen LogP contribution in [0.5, 0.6) is 5.75 Å². The van der Waals surface area contributed by atoms with Crippen LogP contribution in [0.2, 0.25) is 0 Å². The summed E-state index contributed by atoms with van der Waals surface area (Å²) in [5, 5.41) is 3.36. The Morgan fingerprint density at radius 3 is 2.71 bits per heavy atom. The van der Waals surface area contributed by atoms with E-state index >= 15 is 0 Å². The minimum atomic E-state index is 0. The zero-order valence-corrected chi connectivity index (χ0v) is 12.6. The van der Waals surface area contributed by atoms with Gasteiger partial charge in [-0.2, -0.15) is 0 Å². The zero-order valence-electron chi connectivity index (χ0n) is 10.2. The summed E-state index contributed by atoms with van der Waals surface area (Å²) in [5.41, 5.74) is 1.16. The molecular weight excluding hydrogens is 305 g/mol. The van der Waals surface area contributed by atoms with E-state index in [1.807, 2.05) is 12.1 Å². The second kappa shape index (κ2) is 9.71. The molecule has 0 aliphatic carbocycles. The van der Waals surface area contributed by atoms with Gasteiger partial charge < -0.3 is 14.8 Å². The summed E-state index contributed by atoms with van der Waals surface area (Å²) in [6, 6.07) is 6.02. The van der Waals surface area contributed by atoms with E-state index in [0.29, 0.717) is 0 Å². The normalized spacial score (nSPS) is 9.82. The molecule has 1 aromatic rings. The number of hydrogen-bond donors (Lipinski definition) is 1. The van der Waals surface area contributed by atoms with Gasteiger partial charge in [-0.25, -0.2) is 0 Å². The van der Waals surface area contributed by atoms with E-state index in [0.717, 1.165) is 41.9 Å². The molecule has 1 aromatic carbocycles. The minimum absolute atomic E-state index is 0. The zero-order chi connectivity index (χ0) is 11.8. The van der Waals surface area contributed by atoms with Crippen molar-refractivity contribution in [2.75, 3.05) is 27.4 Å². The van der Waals surface area contributed by atoms with Crippen LogP contribution in [0.3, 0.4) is 0 Å². The summed E-state index contributed by atoms with van der Waals surface area (Å²) in [6.45, 7) is 2.55. The van der Waals surface area contributed by atoms with E-state index in [4.69, 9.17) is 9.47 Å². The van der Waals surface area contributed by atoms with Gasteiger partial charge in [-0.1, -0.05) is 15.9 Å². The molecule has 1 N–H and O–H groups in total. The fourth-order valence-corrected chi connectivity index (χ4v) is 1.86. The van der Waals surface area contributed by atoms with Gasteiger partial charge >= 0.3 is 0 Å². The Morgan fingerprint density at radius 1 is 1.29 bits per heavy atom. The van der Waals surface area contributed by atoms with Crippen molar-refractivity contribution in [2.24, 2.45) is 0 Å². The third-order valence-corrected chi connectivity index (χ3v) is 2.75. The molecule has 0 saturated carbocycles. The monoisotopic (exact) mass is 323 g/mol. The van der Waals surface area contributed by atoms with Crippen molar-refractivity contribution in [3.8, 4) is 5.75 Å². The van der Waals surface area contributed by atoms with Crippen LogP contribution < -0.4 is 10.1 Å². The highest BCUT2D eigenvalue weighted by Gasteiger charge is 2.02. The molecule has 98 valence electrons. The van der Waals surface area contributed by atoms with Gasteiger partial charge in [-0.05, 0) is 31.2 Å². The summed E-state index contributed by atoms with van der Waals surface area (Å²) in [7, 11) is 3.41. The first-order chi connectivity index (χ1) is 7.77. The maximum absolute atomic E-state index is 5.29. The van der Waals surface area contributed by atoms with Gasteiger partial charge in [0.25, 0.3) is 0 Å². The van der Waals surface area contributed by atoms with Crippen LogP contribution in [0.25, 0.3) is 0 Å². The SMILES string of the molecule is COCCCNCc1cc(Br)ccc1OC.Cl. The van der Waals surface area contributed by atoms with Crippen molar-refractivity contribution in [1.82, 2.24) is 5.32 Å². The Morgan fingerprint density at radius 2 is 2.06 bits per heavy atom. The summed E-state index contributed by atoms with van der Waals surface area (Å²) in [5.74, 6) is 0.919. The molecule has 0 fully saturated rings. The smallest absolute Gasteiger partial charge is 0.123 e. The highest BCUT2D eigenvalue weighted by Crippen LogP contribution is 2.22. The highest BCUT2D eigenvalue weighted by molar-refractivity contribution is 9.10. The number of rotatable bonds is 7. The number of nitrogens with one attached hydrogen (secondary N) is 1. The predicted molar refractivity (Wildman–Crippen MR) is 76.1 cm³/mol. The van der Waals surface area contributed by atoms with Crippen LogP contribution in [0, 0.1) is 0 Å². The van der Waals surface area contributed by atoms with Crippen molar-refractivity contribution in [3.63, 3.8) is 0 Å². The molecule has 0 aliphatic heterocycles. The molecule has 0 aromatic heterocycles. The van der Waals surface area contributed by atoms with E-state index < -0.39 is 0 Å². The lowest BCUT2D eigenvalue weighted by Gasteiger charge is -2.10. The van der Waals surface area contributed by atoms with Crippen LogP contribution in [0.1, 0.15) is 12.0 Å². The number of methoxy groups -OCH3 is 2. The van der Waals surface area contributed by atoms with Gasteiger partial charge in [-0.15, -0.1) is 12.4 Å². The van der Waals surface area contributed by atoms with Gasteiger partial charge in [0.15, 0.2) is 0 Å². The van der Waals surface area contributed by atoms with E-state index in [2.05, 4.69) is 27.3 Å². The maximum atomic E-state index is 5.29. The van der Waals surface area contributed by atoms with Crippen molar-refractivity contribution in [3.05, 3.63) is 28.2 Å². The minimum Gasteiger partial charge on any atom is -0.496 e. The van der Waals surface area contributed by atoms with E-state index in [9.17, 15) is 0 Å². The lowest BCUT2D eigenvalue weighted by atomic mass is 10.2. The molecule has 1 rings (SSSR count). The quantitative estimate of drug-likeness (QED) is 0.782. The maximum Gasteiger partial charge on any atom is 0.123 e. The van der Waals surface area contributed by atoms with E-state index in [1.54, 1.807) is 14.2 Å². The Balaban J connectivity index is 0.00000256. The largest absolute Gasteiger partial charge is 0.496 e. The van der Waals surface area contributed by atoms with Gasteiger partial charge in [0.1, 0.15) is 5.75 Å². The third-order valence-electron chi connectivity index (χ3n) is 2.26. The fourth-order valence-electron chi connectivity index (χ4n) is 1.45. The van der Waals surface area contributed by atoms with Gasteiger partial charge in [0.2, 0.25) is 0 Å². The molecule has 0 atom stereocenters. The first kappa shape index (κ1) is 16.7. The predicted octanol–water partition coefficient (Wildman–Crippen LogP) is 3.01. The molecule has 0 bridgehead atoms. The fraction of sp³-hybridized carbons (Fsp3) is 0.500. The number of ether oxygens (including phenoxy) is 2. The summed E-state index contributed by atoms with van der Waals surface area (Å²) < 4.78 is 11.4. The third kappa shape index (κ3) is 6.27. The molecule has 0 amide bonds. The number of benzene rings is 1. The van der Waals surface area contributed by atoms with Crippen LogP contribution in [-0.2, 0) is 11.3 Å². The average molecular weight is 325 g/mol. The Bertz CT molecular complexity index is 323. The first-order valence-corrected chi connectivity index (χ1v) is 6.09. The lowest BCUT2D eigenvalue weighted by Crippen LogP contribution is -2.16. The summed E-state index contributed by atoms with van der Waals surface area (Å²) >= 11 is 3.46. The molecule has 0 radical (unpaired) electrons. The average Bonchev–Trinajstić information content (AvgIpc) is 2.29. The Kier molecular flexibility index (Phi) is 9.55. The molecule has 17 heavy (non-hydrogen) atoms. The van der Waals surface area contributed by atoms with E-state index in [-0.39, 0.29) is 12.4 Å². The number of hydrogen-bond acceptors (Lipinski definition) is 3. The molecule has 5 heteroatoms. The topological polar surface area (TPSA) is 30.5 Å². The van der Waals surface area contributed by atoms with Crippen LogP contribution in [-0.4, -0.2) is 27.4 Å². The van der Waals surface area contributed by atoms with Crippen LogP contribution >= 0.6 is 28.3 Å². The first-order valence-electron chi connectivity index (χ1n) is 5.30. The molecule has 0 unspecified atom stereocenters. The number of halogens is 2. The molecule has 0 spiro atoms. The summed E-state index contributed by atoms with van der Waals surface area (Å²) in [6.07, 6.45) is 1.02. The van der Waals surface area contributed by atoms with Crippen molar-refractivity contribution < 1.29 is 9.47 Å². The van der Waals surface area contributed by atoms with Crippen LogP contribution in [0.4, 0.5) is 0 Å².